The molecule has 1 aromatic heterocycles. The summed E-state index contributed by atoms with van der Waals surface area (Å²) in [6.07, 6.45) is 0. The Morgan fingerprint density at radius 3 is 2.96 bits per heavy atom. The Morgan fingerprint density at radius 1 is 1.35 bits per heavy atom. The fourth-order valence-corrected chi connectivity index (χ4v) is 3.60. The molecule has 3 rings (SSSR count). The number of ether oxygens (including phenoxy) is 3. The predicted molar refractivity (Wildman–Crippen MR) is 91.3 cm³/mol. The SMILES string of the molecule is COc1cccc(-c2nc(CN3CCOC[C@H]3C)cs2)c1OC. The highest BCUT2D eigenvalue weighted by Gasteiger charge is 2.20. The molecule has 0 radical (unpaired) electrons. The Balaban J connectivity index is 1.82. The van der Waals surface area contributed by atoms with Crippen molar-refractivity contribution < 1.29 is 14.2 Å². The van der Waals surface area contributed by atoms with Crippen LogP contribution >= 0.6 is 11.3 Å². The second kappa shape index (κ2) is 7.29. The van der Waals surface area contributed by atoms with E-state index in [0.29, 0.717) is 6.04 Å². The second-order valence-electron chi connectivity index (χ2n) is 5.58. The molecule has 1 fully saturated rings. The standard InChI is InChI=1S/C17H22N2O3S/c1-12-10-22-8-7-19(12)9-13-11-23-17(18-13)14-5-4-6-15(20-2)16(14)21-3/h4-6,11-12H,7-10H2,1-3H3/t12-/m1/s1. The number of methoxy groups -OCH3 is 2. The molecule has 124 valence electrons. The molecule has 5 nitrogen and oxygen atoms in total. The highest BCUT2D eigenvalue weighted by atomic mass is 32.1. The number of hydrogen-bond acceptors (Lipinski definition) is 6. The van der Waals surface area contributed by atoms with Gasteiger partial charge in [0.2, 0.25) is 0 Å². The lowest BCUT2D eigenvalue weighted by Gasteiger charge is -2.32. The lowest BCUT2D eigenvalue weighted by Crippen LogP contribution is -2.42. The minimum absolute atomic E-state index is 0.431. The molecule has 1 saturated heterocycles. The van der Waals surface area contributed by atoms with Crippen LogP contribution in [-0.2, 0) is 11.3 Å². The maximum absolute atomic E-state index is 5.51. The van der Waals surface area contributed by atoms with Crippen LogP contribution in [0.25, 0.3) is 10.6 Å². The Bertz CT molecular complexity index is 659. The summed E-state index contributed by atoms with van der Waals surface area (Å²) in [6, 6.07) is 6.30. The zero-order chi connectivity index (χ0) is 16.2. The number of nitrogens with zero attached hydrogens (tertiary/aromatic N) is 2. The van der Waals surface area contributed by atoms with Crippen LogP contribution < -0.4 is 9.47 Å². The first-order valence-corrected chi connectivity index (χ1v) is 8.58. The summed E-state index contributed by atoms with van der Waals surface area (Å²) in [5.74, 6) is 1.46. The van der Waals surface area contributed by atoms with Crippen molar-refractivity contribution in [1.82, 2.24) is 9.88 Å². The molecule has 0 bridgehead atoms. The highest BCUT2D eigenvalue weighted by molar-refractivity contribution is 7.13. The lowest BCUT2D eigenvalue weighted by molar-refractivity contribution is -0.00482. The van der Waals surface area contributed by atoms with Gasteiger partial charge in [-0.2, -0.15) is 0 Å². The van der Waals surface area contributed by atoms with Crippen LogP contribution in [0.15, 0.2) is 23.6 Å². The molecule has 2 aromatic rings. The van der Waals surface area contributed by atoms with Crippen molar-refractivity contribution in [3.05, 3.63) is 29.3 Å². The lowest BCUT2D eigenvalue weighted by atomic mass is 10.2. The van der Waals surface area contributed by atoms with Crippen molar-refractivity contribution in [2.75, 3.05) is 34.0 Å². The third-order valence-corrected chi connectivity index (χ3v) is 4.98. The van der Waals surface area contributed by atoms with Crippen LogP contribution in [-0.4, -0.2) is 49.9 Å². The Hall–Kier alpha value is -1.63. The summed E-state index contributed by atoms with van der Waals surface area (Å²) in [4.78, 5) is 7.20. The molecule has 1 atom stereocenters. The quantitative estimate of drug-likeness (QED) is 0.841. The summed E-state index contributed by atoms with van der Waals surface area (Å²) < 4.78 is 16.4. The number of thiazole rings is 1. The first-order chi connectivity index (χ1) is 11.2. The molecule has 0 aliphatic carbocycles. The van der Waals surface area contributed by atoms with Gasteiger partial charge in [0, 0.05) is 24.5 Å². The number of morpholine rings is 1. The summed E-state index contributed by atoms with van der Waals surface area (Å²) in [5, 5.41) is 3.08. The molecule has 1 aromatic carbocycles. The van der Waals surface area contributed by atoms with E-state index in [0.717, 1.165) is 54.1 Å². The van der Waals surface area contributed by atoms with Gasteiger partial charge in [-0.1, -0.05) is 6.07 Å². The van der Waals surface area contributed by atoms with Gasteiger partial charge >= 0.3 is 0 Å². The van der Waals surface area contributed by atoms with Gasteiger partial charge in [-0.05, 0) is 19.1 Å². The van der Waals surface area contributed by atoms with E-state index in [1.54, 1.807) is 25.6 Å². The third kappa shape index (κ3) is 3.49. The van der Waals surface area contributed by atoms with E-state index >= 15 is 0 Å². The maximum Gasteiger partial charge on any atom is 0.170 e. The van der Waals surface area contributed by atoms with Gasteiger partial charge in [0.25, 0.3) is 0 Å². The van der Waals surface area contributed by atoms with Gasteiger partial charge in [0.15, 0.2) is 11.5 Å². The molecule has 0 spiro atoms. The van der Waals surface area contributed by atoms with Crippen LogP contribution in [0.4, 0.5) is 0 Å². The third-order valence-electron chi connectivity index (χ3n) is 4.06. The van der Waals surface area contributed by atoms with Gasteiger partial charge in [0.05, 0.1) is 38.7 Å². The summed E-state index contributed by atoms with van der Waals surface area (Å²) >= 11 is 1.64. The fraction of sp³-hybridized carbons (Fsp3) is 0.471. The van der Waals surface area contributed by atoms with E-state index in [2.05, 4.69) is 17.2 Å². The smallest absolute Gasteiger partial charge is 0.170 e. The van der Waals surface area contributed by atoms with Crippen LogP contribution in [0.2, 0.25) is 0 Å². The molecule has 23 heavy (non-hydrogen) atoms. The second-order valence-corrected chi connectivity index (χ2v) is 6.44. The minimum Gasteiger partial charge on any atom is -0.493 e. The predicted octanol–water partition coefficient (Wildman–Crippen LogP) is 3.05. The van der Waals surface area contributed by atoms with Gasteiger partial charge in [-0.3, -0.25) is 4.90 Å². The average molecular weight is 334 g/mol. The maximum atomic E-state index is 5.51. The molecular weight excluding hydrogens is 312 g/mol. The van der Waals surface area contributed by atoms with Crippen molar-refractivity contribution in [2.24, 2.45) is 0 Å². The van der Waals surface area contributed by atoms with Crippen molar-refractivity contribution in [1.29, 1.82) is 0 Å². The largest absolute Gasteiger partial charge is 0.493 e. The number of aromatic nitrogens is 1. The number of hydrogen-bond donors (Lipinski definition) is 0. The topological polar surface area (TPSA) is 43.8 Å². The summed E-state index contributed by atoms with van der Waals surface area (Å²) in [7, 11) is 3.31. The van der Waals surface area contributed by atoms with Crippen LogP contribution in [0.1, 0.15) is 12.6 Å². The molecular formula is C17H22N2O3S. The van der Waals surface area contributed by atoms with E-state index in [9.17, 15) is 0 Å². The minimum atomic E-state index is 0.431. The van der Waals surface area contributed by atoms with Gasteiger partial charge in [-0.15, -0.1) is 11.3 Å². The van der Waals surface area contributed by atoms with E-state index < -0.39 is 0 Å². The molecule has 2 heterocycles. The van der Waals surface area contributed by atoms with Crippen molar-refractivity contribution in [3.63, 3.8) is 0 Å². The molecule has 0 saturated carbocycles. The molecule has 1 aliphatic heterocycles. The zero-order valence-electron chi connectivity index (χ0n) is 13.7. The zero-order valence-corrected chi connectivity index (χ0v) is 14.6. The first-order valence-electron chi connectivity index (χ1n) is 7.70. The monoisotopic (exact) mass is 334 g/mol. The highest BCUT2D eigenvalue weighted by Crippen LogP contribution is 2.39. The van der Waals surface area contributed by atoms with Gasteiger partial charge in [-0.25, -0.2) is 4.98 Å². The summed E-state index contributed by atoms with van der Waals surface area (Å²) in [5.41, 5.74) is 2.06. The van der Waals surface area contributed by atoms with Crippen molar-refractivity contribution in [3.8, 4) is 22.1 Å². The van der Waals surface area contributed by atoms with Crippen LogP contribution in [0, 0.1) is 0 Å². The van der Waals surface area contributed by atoms with Crippen molar-refractivity contribution in [2.45, 2.75) is 19.5 Å². The number of para-hydroxylation sites is 1. The summed E-state index contributed by atoms with van der Waals surface area (Å²) in [6.45, 7) is 5.59. The van der Waals surface area contributed by atoms with E-state index in [1.807, 2.05) is 18.2 Å². The molecule has 1 aliphatic rings. The Labute approximate surface area is 140 Å². The van der Waals surface area contributed by atoms with Crippen molar-refractivity contribution >= 4 is 11.3 Å². The molecule has 0 N–H and O–H groups in total. The van der Waals surface area contributed by atoms with E-state index in [4.69, 9.17) is 19.2 Å². The Morgan fingerprint density at radius 2 is 2.22 bits per heavy atom. The average Bonchev–Trinajstić information content (AvgIpc) is 3.04. The van der Waals surface area contributed by atoms with Crippen LogP contribution in [0.5, 0.6) is 11.5 Å². The fourth-order valence-electron chi connectivity index (χ4n) is 2.76. The first kappa shape index (κ1) is 16.2. The molecule has 0 unspecified atom stereocenters. The van der Waals surface area contributed by atoms with Crippen LogP contribution in [0.3, 0.4) is 0 Å². The number of benzene rings is 1. The number of rotatable bonds is 5. The molecule has 0 amide bonds. The van der Waals surface area contributed by atoms with E-state index in [1.165, 1.54) is 0 Å². The molecule has 6 heteroatoms. The normalized spacial score (nSPS) is 18.8. The van der Waals surface area contributed by atoms with E-state index in [-0.39, 0.29) is 0 Å². The van der Waals surface area contributed by atoms with Gasteiger partial charge < -0.3 is 14.2 Å². The van der Waals surface area contributed by atoms with Gasteiger partial charge in [0.1, 0.15) is 5.01 Å². The Kier molecular flexibility index (Phi) is 5.15.